The first kappa shape index (κ1) is 12.4. The van der Waals surface area contributed by atoms with Crippen molar-refractivity contribution < 1.29 is 4.79 Å². The van der Waals surface area contributed by atoms with Crippen molar-refractivity contribution in [3.8, 4) is 0 Å². The molecule has 92 valence electrons. The Bertz CT molecular complexity index is 518. The predicted octanol–water partition coefficient (Wildman–Crippen LogP) is 3.03. The van der Waals surface area contributed by atoms with E-state index in [4.69, 9.17) is 0 Å². The number of benzene rings is 1. The number of Topliss-reactive ketones (excluding diaryl/α,β-unsaturated/α-hetero) is 1. The highest BCUT2D eigenvalue weighted by Crippen LogP contribution is 2.15. The predicted molar refractivity (Wildman–Crippen MR) is 70.6 cm³/mol. The van der Waals surface area contributed by atoms with Gasteiger partial charge in [-0.25, -0.2) is 4.98 Å². The molecular weight excluding hydrogens is 224 g/mol. The Balaban J connectivity index is 2.08. The van der Waals surface area contributed by atoms with Crippen LogP contribution in [0.4, 0.5) is 0 Å². The summed E-state index contributed by atoms with van der Waals surface area (Å²) in [4.78, 5) is 19.8. The summed E-state index contributed by atoms with van der Waals surface area (Å²) in [6.07, 6.45) is 4.98. The zero-order valence-corrected chi connectivity index (χ0v) is 10.6. The first-order valence-electron chi connectivity index (χ1n) is 6.05. The highest BCUT2D eigenvalue weighted by Gasteiger charge is 2.08. The van der Waals surface area contributed by atoms with E-state index in [-0.39, 0.29) is 5.78 Å². The minimum Gasteiger partial charge on any atom is -0.292 e. The Kier molecular flexibility index (Phi) is 3.82. The van der Waals surface area contributed by atoms with Crippen molar-refractivity contribution in [2.45, 2.75) is 26.2 Å². The quantitative estimate of drug-likeness (QED) is 0.771. The van der Waals surface area contributed by atoms with Crippen LogP contribution in [0.5, 0.6) is 0 Å². The summed E-state index contributed by atoms with van der Waals surface area (Å²) in [6.45, 7) is 4.30. The van der Waals surface area contributed by atoms with E-state index in [0.29, 0.717) is 18.0 Å². The van der Waals surface area contributed by atoms with Crippen LogP contribution in [0.2, 0.25) is 0 Å². The fourth-order valence-electron chi connectivity index (χ4n) is 1.74. The number of ketones is 1. The topological polar surface area (TPSA) is 42.9 Å². The van der Waals surface area contributed by atoms with Crippen molar-refractivity contribution in [3.63, 3.8) is 0 Å². The molecule has 0 N–H and O–H groups in total. The van der Waals surface area contributed by atoms with Crippen LogP contribution in [0.25, 0.3) is 0 Å². The molecule has 0 bridgehead atoms. The summed E-state index contributed by atoms with van der Waals surface area (Å²) in [5.41, 5.74) is 2.71. The second-order valence-electron chi connectivity index (χ2n) is 4.59. The second kappa shape index (κ2) is 5.54. The number of carbonyl (C=O) groups is 1. The monoisotopic (exact) mass is 240 g/mol. The van der Waals surface area contributed by atoms with Gasteiger partial charge in [-0.15, -0.1) is 0 Å². The zero-order valence-electron chi connectivity index (χ0n) is 10.6. The molecule has 3 nitrogen and oxygen atoms in total. The van der Waals surface area contributed by atoms with Gasteiger partial charge in [0.25, 0.3) is 0 Å². The minimum atomic E-state index is 0.000368. The van der Waals surface area contributed by atoms with E-state index < -0.39 is 0 Å². The number of carbonyl (C=O) groups excluding carboxylic acids is 1. The van der Waals surface area contributed by atoms with Crippen LogP contribution in [0.3, 0.4) is 0 Å². The first-order valence-corrected chi connectivity index (χ1v) is 6.05. The highest BCUT2D eigenvalue weighted by atomic mass is 16.1. The lowest BCUT2D eigenvalue weighted by molar-refractivity contribution is 0.0988. The fraction of sp³-hybridized carbons (Fsp3) is 0.267. The van der Waals surface area contributed by atoms with Crippen LogP contribution in [-0.2, 0) is 6.42 Å². The van der Waals surface area contributed by atoms with E-state index >= 15 is 0 Å². The van der Waals surface area contributed by atoms with Gasteiger partial charge in [0.1, 0.15) is 5.69 Å². The molecule has 0 aliphatic rings. The molecule has 0 saturated carbocycles. The third-order valence-corrected chi connectivity index (χ3v) is 2.86. The SMILES string of the molecule is CC(C)c1ccc(CC(=O)c2cnccn2)cc1. The molecule has 2 aromatic rings. The average molecular weight is 240 g/mol. The molecule has 0 aliphatic carbocycles. The molecule has 3 heteroatoms. The smallest absolute Gasteiger partial charge is 0.187 e. The Labute approximate surface area is 107 Å². The number of hydrogen-bond acceptors (Lipinski definition) is 3. The number of hydrogen-bond donors (Lipinski definition) is 0. The van der Waals surface area contributed by atoms with E-state index in [9.17, 15) is 4.79 Å². The maximum Gasteiger partial charge on any atom is 0.187 e. The third-order valence-electron chi connectivity index (χ3n) is 2.86. The Morgan fingerprint density at radius 1 is 1.17 bits per heavy atom. The molecule has 0 saturated heterocycles. The van der Waals surface area contributed by atoms with E-state index in [1.807, 2.05) is 12.1 Å². The van der Waals surface area contributed by atoms with Crippen molar-refractivity contribution in [2.75, 3.05) is 0 Å². The maximum absolute atomic E-state index is 11.9. The molecule has 0 fully saturated rings. The Hall–Kier alpha value is -2.03. The third kappa shape index (κ3) is 3.00. The molecular formula is C15H16N2O. The molecule has 0 atom stereocenters. The van der Waals surface area contributed by atoms with Crippen LogP contribution in [-0.4, -0.2) is 15.8 Å². The van der Waals surface area contributed by atoms with Gasteiger partial charge in [0.05, 0.1) is 6.20 Å². The lowest BCUT2D eigenvalue weighted by Gasteiger charge is -2.06. The summed E-state index contributed by atoms with van der Waals surface area (Å²) < 4.78 is 0. The standard InChI is InChI=1S/C15H16N2O/c1-11(2)13-5-3-12(4-6-13)9-15(18)14-10-16-7-8-17-14/h3-8,10-11H,9H2,1-2H3. The van der Waals surface area contributed by atoms with Crippen LogP contribution in [0, 0.1) is 0 Å². The first-order chi connectivity index (χ1) is 8.66. The van der Waals surface area contributed by atoms with Gasteiger partial charge in [-0.2, -0.15) is 0 Å². The van der Waals surface area contributed by atoms with Crippen molar-refractivity contribution in [1.29, 1.82) is 0 Å². The van der Waals surface area contributed by atoms with Crippen LogP contribution >= 0.6 is 0 Å². The Morgan fingerprint density at radius 3 is 2.44 bits per heavy atom. The molecule has 1 aromatic carbocycles. The molecule has 2 rings (SSSR count). The van der Waals surface area contributed by atoms with Crippen molar-refractivity contribution >= 4 is 5.78 Å². The molecule has 0 spiro atoms. The zero-order chi connectivity index (χ0) is 13.0. The average Bonchev–Trinajstić information content (AvgIpc) is 2.40. The van der Waals surface area contributed by atoms with Gasteiger partial charge in [-0.05, 0) is 17.0 Å². The van der Waals surface area contributed by atoms with Crippen molar-refractivity contribution in [3.05, 3.63) is 59.7 Å². The van der Waals surface area contributed by atoms with Gasteiger partial charge in [0, 0.05) is 18.8 Å². The fourth-order valence-corrected chi connectivity index (χ4v) is 1.74. The summed E-state index contributed by atoms with van der Waals surface area (Å²) in [6, 6.07) is 8.15. The summed E-state index contributed by atoms with van der Waals surface area (Å²) >= 11 is 0. The normalized spacial score (nSPS) is 10.6. The van der Waals surface area contributed by atoms with Crippen LogP contribution < -0.4 is 0 Å². The van der Waals surface area contributed by atoms with Crippen molar-refractivity contribution in [1.82, 2.24) is 9.97 Å². The Morgan fingerprint density at radius 2 is 1.89 bits per heavy atom. The van der Waals surface area contributed by atoms with E-state index in [1.54, 1.807) is 6.20 Å². The molecule has 0 amide bonds. The lowest BCUT2D eigenvalue weighted by atomic mass is 9.99. The largest absolute Gasteiger partial charge is 0.292 e. The molecule has 0 aliphatic heterocycles. The molecule has 0 unspecified atom stereocenters. The maximum atomic E-state index is 11.9. The van der Waals surface area contributed by atoms with Gasteiger partial charge >= 0.3 is 0 Å². The lowest BCUT2D eigenvalue weighted by Crippen LogP contribution is -2.06. The highest BCUT2D eigenvalue weighted by molar-refractivity contribution is 5.95. The van der Waals surface area contributed by atoms with Gasteiger partial charge < -0.3 is 0 Å². The van der Waals surface area contributed by atoms with E-state index in [2.05, 4.69) is 35.9 Å². The number of nitrogens with zero attached hydrogens (tertiary/aromatic N) is 2. The molecule has 1 aromatic heterocycles. The van der Waals surface area contributed by atoms with Gasteiger partial charge in [-0.3, -0.25) is 9.78 Å². The van der Waals surface area contributed by atoms with Crippen LogP contribution in [0.1, 0.15) is 41.4 Å². The van der Waals surface area contributed by atoms with Gasteiger partial charge in [0.15, 0.2) is 5.78 Å². The second-order valence-corrected chi connectivity index (χ2v) is 4.59. The minimum absolute atomic E-state index is 0.000368. The van der Waals surface area contributed by atoms with Crippen LogP contribution in [0.15, 0.2) is 42.9 Å². The summed E-state index contributed by atoms with van der Waals surface area (Å²) in [7, 11) is 0. The molecule has 18 heavy (non-hydrogen) atoms. The van der Waals surface area contributed by atoms with Gasteiger partial charge in [0.2, 0.25) is 0 Å². The van der Waals surface area contributed by atoms with E-state index in [1.165, 1.54) is 18.0 Å². The molecule has 1 heterocycles. The molecule has 0 radical (unpaired) electrons. The summed E-state index contributed by atoms with van der Waals surface area (Å²) in [5, 5.41) is 0. The van der Waals surface area contributed by atoms with E-state index in [0.717, 1.165) is 5.56 Å². The number of rotatable bonds is 4. The number of aromatic nitrogens is 2. The van der Waals surface area contributed by atoms with Crippen molar-refractivity contribution in [2.24, 2.45) is 0 Å². The summed E-state index contributed by atoms with van der Waals surface area (Å²) in [5.74, 6) is 0.509. The van der Waals surface area contributed by atoms with Gasteiger partial charge in [-0.1, -0.05) is 38.1 Å².